The largest absolute Gasteiger partial charge is 0.330 e. The normalized spacial score (nSPS) is 18.6. The molecule has 0 unspecified atom stereocenters. The highest BCUT2D eigenvalue weighted by molar-refractivity contribution is 6.31. The summed E-state index contributed by atoms with van der Waals surface area (Å²) in [6, 6.07) is 0. The van der Waals surface area contributed by atoms with E-state index in [1.807, 2.05) is 18.7 Å². The van der Waals surface area contributed by atoms with Crippen molar-refractivity contribution in [1.29, 1.82) is 0 Å². The number of rotatable bonds is 3. The highest BCUT2D eigenvalue weighted by atomic mass is 35.5. The van der Waals surface area contributed by atoms with Gasteiger partial charge in [0, 0.05) is 7.05 Å². The fourth-order valence-corrected chi connectivity index (χ4v) is 2.08. The lowest BCUT2D eigenvalue weighted by atomic mass is 10.0. The molecule has 0 saturated heterocycles. The summed E-state index contributed by atoms with van der Waals surface area (Å²) in [5.74, 6) is 0. The third-order valence-electron chi connectivity index (χ3n) is 3.19. The summed E-state index contributed by atoms with van der Waals surface area (Å²) in [7, 11) is 1.95. The van der Waals surface area contributed by atoms with Crippen LogP contribution in [0.1, 0.15) is 24.2 Å². The van der Waals surface area contributed by atoms with Gasteiger partial charge in [0.2, 0.25) is 0 Å². The van der Waals surface area contributed by atoms with E-state index in [1.54, 1.807) is 0 Å². The Balaban J connectivity index is 2.24. The summed E-state index contributed by atoms with van der Waals surface area (Å²) in [4.78, 5) is 0. The minimum absolute atomic E-state index is 0.323. The molecule has 0 spiro atoms. The van der Waals surface area contributed by atoms with Crippen molar-refractivity contribution in [2.45, 2.75) is 26.2 Å². The molecule has 2 rings (SSSR count). The van der Waals surface area contributed by atoms with Crippen molar-refractivity contribution < 1.29 is 0 Å². The first-order valence-corrected chi connectivity index (χ1v) is 5.34. The van der Waals surface area contributed by atoms with Crippen LogP contribution in [0, 0.1) is 12.3 Å². The first kappa shape index (κ1) is 9.99. The smallest absolute Gasteiger partial charge is 0.0847 e. The number of hydrogen-bond acceptors (Lipinski definition) is 2. The van der Waals surface area contributed by atoms with Crippen LogP contribution in [0.3, 0.4) is 0 Å². The van der Waals surface area contributed by atoms with E-state index in [9.17, 15) is 0 Å². The minimum Gasteiger partial charge on any atom is -0.330 e. The van der Waals surface area contributed by atoms with Crippen LogP contribution in [0.25, 0.3) is 0 Å². The van der Waals surface area contributed by atoms with E-state index in [0.717, 1.165) is 29.4 Å². The van der Waals surface area contributed by atoms with Crippen LogP contribution >= 0.6 is 11.6 Å². The molecule has 1 aliphatic carbocycles. The van der Waals surface area contributed by atoms with Gasteiger partial charge < -0.3 is 5.73 Å². The van der Waals surface area contributed by atoms with Crippen LogP contribution in [-0.4, -0.2) is 16.3 Å². The number of aryl methyl sites for hydroxylation is 2. The Labute approximate surface area is 89.2 Å². The molecule has 3 nitrogen and oxygen atoms in total. The molecule has 1 saturated carbocycles. The van der Waals surface area contributed by atoms with Gasteiger partial charge in [0.05, 0.1) is 16.4 Å². The van der Waals surface area contributed by atoms with Crippen molar-refractivity contribution in [3.8, 4) is 0 Å². The van der Waals surface area contributed by atoms with Crippen molar-refractivity contribution >= 4 is 11.6 Å². The van der Waals surface area contributed by atoms with Gasteiger partial charge in [-0.3, -0.25) is 4.68 Å². The van der Waals surface area contributed by atoms with Gasteiger partial charge in [0.25, 0.3) is 0 Å². The van der Waals surface area contributed by atoms with Gasteiger partial charge in [-0.15, -0.1) is 0 Å². The molecular formula is C10H16ClN3. The molecule has 0 aromatic carbocycles. The maximum Gasteiger partial charge on any atom is 0.0847 e. The predicted octanol–water partition coefficient (Wildman–Crippen LogP) is 1.66. The molecule has 0 amide bonds. The van der Waals surface area contributed by atoms with E-state index in [-0.39, 0.29) is 0 Å². The van der Waals surface area contributed by atoms with Crippen molar-refractivity contribution in [2.75, 3.05) is 6.54 Å². The van der Waals surface area contributed by atoms with E-state index in [4.69, 9.17) is 17.3 Å². The van der Waals surface area contributed by atoms with Crippen LogP contribution in [0.2, 0.25) is 5.02 Å². The predicted molar refractivity (Wildman–Crippen MR) is 57.4 cm³/mol. The highest BCUT2D eigenvalue weighted by Crippen LogP contribution is 2.48. The number of hydrogen-bond donors (Lipinski definition) is 1. The maximum absolute atomic E-state index is 6.18. The zero-order valence-corrected chi connectivity index (χ0v) is 9.43. The van der Waals surface area contributed by atoms with E-state index in [1.165, 1.54) is 12.8 Å². The van der Waals surface area contributed by atoms with E-state index in [2.05, 4.69) is 5.10 Å². The first-order valence-electron chi connectivity index (χ1n) is 4.96. The quantitative estimate of drug-likeness (QED) is 0.830. The Morgan fingerprint density at radius 2 is 2.21 bits per heavy atom. The highest BCUT2D eigenvalue weighted by Gasteiger charge is 2.42. The van der Waals surface area contributed by atoms with Crippen molar-refractivity contribution in [3.63, 3.8) is 0 Å². The zero-order valence-electron chi connectivity index (χ0n) is 8.68. The molecular weight excluding hydrogens is 198 g/mol. The summed E-state index contributed by atoms with van der Waals surface area (Å²) in [5.41, 5.74) is 8.12. The standard InChI is InChI=1S/C10H16ClN3/c1-7-9(11)8(14(2)13-7)5-10(6-12)3-4-10/h3-6,12H2,1-2H3. The fourth-order valence-electron chi connectivity index (χ4n) is 1.86. The van der Waals surface area contributed by atoms with Crippen LogP contribution in [0.5, 0.6) is 0 Å². The summed E-state index contributed by atoms with van der Waals surface area (Å²) in [6.45, 7) is 2.70. The molecule has 1 aromatic heterocycles. The molecule has 0 bridgehead atoms. The van der Waals surface area contributed by atoms with E-state index in [0.29, 0.717) is 5.41 Å². The lowest BCUT2D eigenvalue weighted by Gasteiger charge is -2.12. The SMILES string of the molecule is Cc1nn(C)c(CC2(CN)CC2)c1Cl. The molecule has 4 heteroatoms. The summed E-state index contributed by atoms with van der Waals surface area (Å²) in [6.07, 6.45) is 3.42. The molecule has 2 N–H and O–H groups in total. The van der Waals surface area contributed by atoms with Gasteiger partial charge in [-0.2, -0.15) is 5.10 Å². The van der Waals surface area contributed by atoms with Gasteiger partial charge >= 0.3 is 0 Å². The molecule has 0 aliphatic heterocycles. The summed E-state index contributed by atoms with van der Waals surface area (Å²) < 4.78 is 1.88. The monoisotopic (exact) mass is 213 g/mol. The van der Waals surface area contributed by atoms with E-state index >= 15 is 0 Å². The molecule has 1 fully saturated rings. The molecule has 78 valence electrons. The lowest BCUT2D eigenvalue weighted by molar-refractivity contribution is 0.498. The number of aromatic nitrogens is 2. The number of nitrogens with zero attached hydrogens (tertiary/aromatic N) is 2. The molecule has 0 radical (unpaired) electrons. The van der Waals surface area contributed by atoms with Gasteiger partial charge in [-0.25, -0.2) is 0 Å². The average Bonchev–Trinajstić information content (AvgIpc) is 2.88. The Morgan fingerprint density at radius 3 is 2.57 bits per heavy atom. The zero-order chi connectivity index (χ0) is 10.3. The third kappa shape index (κ3) is 1.55. The lowest BCUT2D eigenvalue weighted by Crippen LogP contribution is -2.19. The first-order chi connectivity index (χ1) is 6.58. The second-order valence-electron chi connectivity index (χ2n) is 4.35. The Bertz CT molecular complexity index is 352. The van der Waals surface area contributed by atoms with Crippen LogP contribution in [0.4, 0.5) is 0 Å². The molecule has 14 heavy (non-hydrogen) atoms. The Morgan fingerprint density at radius 1 is 1.57 bits per heavy atom. The summed E-state index contributed by atoms with van der Waals surface area (Å²) >= 11 is 6.18. The molecule has 1 heterocycles. The van der Waals surface area contributed by atoms with Crippen LogP contribution in [-0.2, 0) is 13.5 Å². The Kier molecular flexibility index (Phi) is 2.32. The van der Waals surface area contributed by atoms with Gasteiger partial charge in [0.15, 0.2) is 0 Å². The van der Waals surface area contributed by atoms with Crippen molar-refractivity contribution in [1.82, 2.24) is 9.78 Å². The summed E-state index contributed by atoms with van der Waals surface area (Å²) in [5, 5.41) is 5.11. The molecule has 1 aliphatic rings. The van der Waals surface area contributed by atoms with Crippen LogP contribution < -0.4 is 5.73 Å². The van der Waals surface area contributed by atoms with Crippen molar-refractivity contribution in [2.24, 2.45) is 18.2 Å². The number of halogens is 1. The van der Waals surface area contributed by atoms with Gasteiger partial charge in [0.1, 0.15) is 0 Å². The second-order valence-corrected chi connectivity index (χ2v) is 4.73. The van der Waals surface area contributed by atoms with Crippen molar-refractivity contribution in [3.05, 3.63) is 16.4 Å². The Hall–Kier alpha value is -0.540. The van der Waals surface area contributed by atoms with Gasteiger partial charge in [-0.1, -0.05) is 11.6 Å². The third-order valence-corrected chi connectivity index (χ3v) is 3.69. The molecule has 0 atom stereocenters. The number of nitrogens with two attached hydrogens (primary N) is 1. The fraction of sp³-hybridized carbons (Fsp3) is 0.700. The van der Waals surface area contributed by atoms with Crippen LogP contribution in [0.15, 0.2) is 0 Å². The topological polar surface area (TPSA) is 43.8 Å². The van der Waals surface area contributed by atoms with E-state index < -0.39 is 0 Å². The minimum atomic E-state index is 0.323. The average molecular weight is 214 g/mol. The van der Waals surface area contributed by atoms with Gasteiger partial charge in [-0.05, 0) is 38.1 Å². The second kappa shape index (κ2) is 3.24. The molecule has 1 aromatic rings. The maximum atomic E-state index is 6.18.